The molecule has 1 heterocycles. The Bertz CT molecular complexity index is 604. The molecule has 0 bridgehead atoms. The highest BCUT2D eigenvalue weighted by Crippen LogP contribution is 2.25. The van der Waals surface area contributed by atoms with Crippen LogP contribution in [0.25, 0.3) is 0 Å². The third-order valence-corrected chi connectivity index (χ3v) is 2.94. The average molecular weight is 303 g/mol. The molecular weight excluding hydrogens is 296 g/mol. The highest BCUT2D eigenvalue weighted by atomic mass is 35.5. The molecular formula is C11H6Cl3N3O. The number of halogens is 3. The van der Waals surface area contributed by atoms with Gasteiger partial charge in [0.25, 0.3) is 5.91 Å². The molecule has 2 rings (SSSR count). The van der Waals surface area contributed by atoms with E-state index in [9.17, 15) is 4.79 Å². The Morgan fingerprint density at radius 2 is 1.89 bits per heavy atom. The summed E-state index contributed by atoms with van der Waals surface area (Å²) < 4.78 is 0. The number of nitrogens with zero attached hydrogens (tertiary/aromatic N) is 2. The van der Waals surface area contributed by atoms with Gasteiger partial charge in [-0.1, -0.05) is 34.8 Å². The van der Waals surface area contributed by atoms with Gasteiger partial charge in [-0.2, -0.15) is 0 Å². The molecule has 4 nitrogen and oxygen atoms in total. The van der Waals surface area contributed by atoms with Gasteiger partial charge in [0.15, 0.2) is 0 Å². The molecule has 0 unspecified atom stereocenters. The van der Waals surface area contributed by atoms with Gasteiger partial charge in [0.05, 0.1) is 22.4 Å². The topological polar surface area (TPSA) is 54.9 Å². The van der Waals surface area contributed by atoms with Crippen molar-refractivity contribution in [3.63, 3.8) is 0 Å². The third-order valence-electron chi connectivity index (χ3n) is 2.02. The molecule has 2 aromatic rings. The molecule has 18 heavy (non-hydrogen) atoms. The molecule has 1 aromatic carbocycles. The van der Waals surface area contributed by atoms with Gasteiger partial charge in [-0.15, -0.1) is 0 Å². The average Bonchev–Trinajstić information content (AvgIpc) is 2.34. The van der Waals surface area contributed by atoms with Gasteiger partial charge in [0, 0.05) is 5.69 Å². The Kier molecular flexibility index (Phi) is 4.01. The molecule has 92 valence electrons. The maximum Gasteiger partial charge on any atom is 0.275 e. The summed E-state index contributed by atoms with van der Waals surface area (Å²) in [6.07, 6.45) is 2.66. The first-order chi connectivity index (χ1) is 8.56. The van der Waals surface area contributed by atoms with Crippen LogP contribution in [-0.4, -0.2) is 15.9 Å². The van der Waals surface area contributed by atoms with E-state index < -0.39 is 5.91 Å². The number of anilines is 1. The second-order valence-electron chi connectivity index (χ2n) is 3.31. The summed E-state index contributed by atoms with van der Waals surface area (Å²) in [7, 11) is 0. The van der Waals surface area contributed by atoms with E-state index in [4.69, 9.17) is 34.8 Å². The number of benzene rings is 1. The fraction of sp³-hybridized carbons (Fsp3) is 0. The van der Waals surface area contributed by atoms with E-state index in [-0.39, 0.29) is 10.8 Å². The molecule has 0 saturated heterocycles. The summed E-state index contributed by atoms with van der Waals surface area (Å²) in [4.78, 5) is 19.4. The Morgan fingerprint density at radius 1 is 1.11 bits per heavy atom. The number of carbonyl (C=O) groups excluding carboxylic acids is 1. The molecule has 1 amide bonds. The molecule has 0 aliphatic heterocycles. The molecule has 0 aliphatic carbocycles. The van der Waals surface area contributed by atoms with Gasteiger partial charge in [0.2, 0.25) is 0 Å². The molecule has 1 aromatic heterocycles. The zero-order chi connectivity index (χ0) is 13.1. The molecule has 0 spiro atoms. The first-order valence-electron chi connectivity index (χ1n) is 4.80. The van der Waals surface area contributed by atoms with E-state index in [0.717, 1.165) is 0 Å². The Hall–Kier alpha value is -1.36. The lowest BCUT2D eigenvalue weighted by Gasteiger charge is -2.05. The van der Waals surface area contributed by atoms with Crippen molar-refractivity contribution in [1.82, 2.24) is 9.97 Å². The van der Waals surface area contributed by atoms with Crippen molar-refractivity contribution in [2.75, 3.05) is 5.32 Å². The summed E-state index contributed by atoms with van der Waals surface area (Å²) in [5, 5.41) is 3.53. The monoisotopic (exact) mass is 301 g/mol. The van der Waals surface area contributed by atoms with E-state index in [1.807, 2.05) is 0 Å². The lowest BCUT2D eigenvalue weighted by Crippen LogP contribution is -2.14. The molecule has 0 fully saturated rings. The molecule has 0 saturated carbocycles. The van der Waals surface area contributed by atoms with Gasteiger partial charge in [-0.05, 0) is 18.2 Å². The van der Waals surface area contributed by atoms with E-state index in [0.29, 0.717) is 15.7 Å². The number of aromatic nitrogens is 2. The first kappa shape index (κ1) is 13.1. The van der Waals surface area contributed by atoms with E-state index in [1.54, 1.807) is 18.2 Å². The van der Waals surface area contributed by atoms with Gasteiger partial charge in [-0.3, -0.25) is 9.78 Å². The number of nitrogens with one attached hydrogen (secondary N) is 1. The normalized spacial score (nSPS) is 10.2. The number of amides is 1. The minimum absolute atomic E-state index is 0.119. The van der Waals surface area contributed by atoms with Gasteiger partial charge >= 0.3 is 0 Å². The minimum atomic E-state index is -0.427. The summed E-state index contributed by atoms with van der Waals surface area (Å²) >= 11 is 17.3. The van der Waals surface area contributed by atoms with Crippen LogP contribution in [0.5, 0.6) is 0 Å². The van der Waals surface area contributed by atoms with Crippen LogP contribution in [0.4, 0.5) is 5.69 Å². The molecule has 7 heteroatoms. The predicted molar refractivity (Wildman–Crippen MR) is 71.5 cm³/mol. The highest BCUT2D eigenvalue weighted by Gasteiger charge is 2.09. The zero-order valence-electron chi connectivity index (χ0n) is 8.82. The summed E-state index contributed by atoms with van der Waals surface area (Å²) in [6.45, 7) is 0. The van der Waals surface area contributed by atoms with Crippen molar-refractivity contribution in [3.05, 3.63) is 51.5 Å². The van der Waals surface area contributed by atoms with Gasteiger partial charge in [-0.25, -0.2) is 4.98 Å². The fourth-order valence-corrected chi connectivity index (χ4v) is 1.67. The standard InChI is InChI=1S/C11H6Cl3N3O/c12-7-2-1-6(3-8(7)13)16-11(18)9-4-15-5-10(14)17-9/h1-5H,(H,16,18). The summed E-state index contributed by atoms with van der Waals surface area (Å²) in [6, 6.07) is 4.76. The maximum absolute atomic E-state index is 11.8. The van der Waals surface area contributed by atoms with Crippen LogP contribution in [0.1, 0.15) is 10.5 Å². The van der Waals surface area contributed by atoms with Crippen molar-refractivity contribution in [2.24, 2.45) is 0 Å². The van der Waals surface area contributed by atoms with E-state index >= 15 is 0 Å². The summed E-state index contributed by atoms with van der Waals surface area (Å²) in [5.74, 6) is -0.427. The van der Waals surface area contributed by atoms with Crippen LogP contribution in [0.3, 0.4) is 0 Å². The van der Waals surface area contributed by atoms with Crippen molar-refractivity contribution in [2.45, 2.75) is 0 Å². The van der Waals surface area contributed by atoms with Crippen molar-refractivity contribution in [1.29, 1.82) is 0 Å². The second-order valence-corrected chi connectivity index (χ2v) is 4.51. The van der Waals surface area contributed by atoms with Crippen molar-refractivity contribution in [3.8, 4) is 0 Å². The lowest BCUT2D eigenvalue weighted by atomic mass is 10.3. The SMILES string of the molecule is O=C(Nc1ccc(Cl)c(Cl)c1)c1cncc(Cl)n1. The van der Waals surface area contributed by atoms with E-state index in [2.05, 4.69) is 15.3 Å². The van der Waals surface area contributed by atoms with Crippen LogP contribution in [0.15, 0.2) is 30.6 Å². The lowest BCUT2D eigenvalue weighted by molar-refractivity contribution is 0.102. The van der Waals surface area contributed by atoms with Gasteiger partial charge < -0.3 is 5.32 Å². The summed E-state index contributed by atoms with van der Waals surface area (Å²) in [5.41, 5.74) is 0.629. The number of rotatable bonds is 2. The second kappa shape index (κ2) is 5.52. The Labute approximate surface area is 118 Å². The van der Waals surface area contributed by atoms with Crippen LogP contribution >= 0.6 is 34.8 Å². The molecule has 0 aliphatic rings. The smallest absolute Gasteiger partial charge is 0.275 e. The minimum Gasteiger partial charge on any atom is -0.321 e. The maximum atomic E-state index is 11.8. The van der Waals surface area contributed by atoms with Crippen molar-refractivity contribution < 1.29 is 4.79 Å². The quantitative estimate of drug-likeness (QED) is 0.920. The Morgan fingerprint density at radius 3 is 2.56 bits per heavy atom. The molecule has 0 radical (unpaired) electrons. The van der Waals surface area contributed by atoms with Crippen molar-refractivity contribution >= 4 is 46.4 Å². The van der Waals surface area contributed by atoms with E-state index in [1.165, 1.54) is 12.4 Å². The third kappa shape index (κ3) is 3.10. The fourth-order valence-electron chi connectivity index (χ4n) is 1.22. The van der Waals surface area contributed by atoms with Crippen LogP contribution in [0, 0.1) is 0 Å². The predicted octanol–water partition coefficient (Wildman–Crippen LogP) is 3.69. The van der Waals surface area contributed by atoms with Crippen LogP contribution in [-0.2, 0) is 0 Å². The highest BCUT2D eigenvalue weighted by molar-refractivity contribution is 6.42. The molecule has 0 atom stereocenters. The molecule has 1 N–H and O–H groups in total. The first-order valence-corrected chi connectivity index (χ1v) is 5.93. The largest absolute Gasteiger partial charge is 0.321 e. The van der Waals surface area contributed by atoms with Crippen LogP contribution < -0.4 is 5.32 Å². The van der Waals surface area contributed by atoms with Crippen LogP contribution in [0.2, 0.25) is 15.2 Å². The number of hydrogen-bond donors (Lipinski definition) is 1. The number of carbonyl (C=O) groups is 1. The Balaban J connectivity index is 2.18. The zero-order valence-corrected chi connectivity index (χ0v) is 11.1. The van der Waals surface area contributed by atoms with Gasteiger partial charge in [0.1, 0.15) is 10.8 Å². The number of hydrogen-bond acceptors (Lipinski definition) is 3.